The van der Waals surface area contributed by atoms with E-state index in [1.54, 1.807) is 0 Å². The van der Waals surface area contributed by atoms with Gasteiger partial charge < -0.3 is 81.7 Å². The minimum absolute atomic E-state index is 0.563. The monoisotopic (exact) mass is 708 g/mol. The summed E-state index contributed by atoms with van der Waals surface area (Å²) in [4.78, 5) is 53.6. The van der Waals surface area contributed by atoms with Crippen molar-refractivity contribution in [3.8, 4) is 0 Å². The van der Waals surface area contributed by atoms with Crippen LogP contribution in [0.2, 0.25) is 0 Å². The Morgan fingerprint density at radius 3 is 1.98 bits per heavy atom. The highest BCUT2D eigenvalue weighted by Crippen LogP contribution is 2.38. The molecular weight excluding hydrogens is 660 g/mol. The highest BCUT2D eigenvalue weighted by atomic mass is 16.7. The molecule has 3 heterocycles. The molecule has 0 aromatic carbocycles. The van der Waals surface area contributed by atoms with Crippen LogP contribution in [0.4, 0.5) is 0 Å². The highest BCUT2D eigenvalue weighted by Gasteiger charge is 2.59. The van der Waals surface area contributed by atoms with Crippen LogP contribution in [0.3, 0.4) is 0 Å². The van der Waals surface area contributed by atoms with Crippen LogP contribution in [0, 0.1) is 0 Å². The third-order valence-electron chi connectivity index (χ3n) is 8.48. The quantitative estimate of drug-likeness (QED) is 0.0704. The van der Waals surface area contributed by atoms with Crippen LogP contribution in [0.5, 0.6) is 0 Å². The number of rotatable bonds is 11. The first-order valence-corrected chi connectivity index (χ1v) is 15.5. The number of aliphatic carboxylic acids is 1. The van der Waals surface area contributed by atoms with E-state index < -0.39 is 134 Å². The Morgan fingerprint density at radius 2 is 1.45 bits per heavy atom. The number of carboxylic acid groups (broad SMARTS) is 1. The van der Waals surface area contributed by atoms with Crippen molar-refractivity contribution in [2.45, 2.75) is 145 Å². The molecule has 0 unspecified atom stereocenters. The van der Waals surface area contributed by atoms with E-state index in [1.165, 1.54) is 20.8 Å². The lowest BCUT2D eigenvalue weighted by molar-refractivity contribution is -0.345. The summed E-state index contributed by atoms with van der Waals surface area (Å²) in [6.45, 7) is 7.59. The Kier molecular flexibility index (Phi) is 13.3. The van der Waals surface area contributed by atoms with Gasteiger partial charge in [-0.2, -0.15) is 0 Å². The van der Waals surface area contributed by atoms with Crippen LogP contribution in [0.15, 0.2) is 4.99 Å². The zero-order valence-electron chi connectivity index (χ0n) is 27.8. The fourth-order valence-electron chi connectivity index (χ4n) is 6.15. The second-order valence-electron chi connectivity index (χ2n) is 12.5. The summed E-state index contributed by atoms with van der Waals surface area (Å²) in [5.74, 6) is -7.19. The normalized spacial score (nSPS) is 40.7. The summed E-state index contributed by atoms with van der Waals surface area (Å²) in [7, 11) is 0. The minimum Gasteiger partial charge on any atom is -0.477 e. The van der Waals surface area contributed by atoms with E-state index in [-0.39, 0.29) is 0 Å². The number of nitrogens with zero attached hydrogens (tertiary/aromatic N) is 1. The molecule has 21 nitrogen and oxygen atoms in total. The van der Waals surface area contributed by atoms with Crippen LogP contribution in [0.1, 0.15) is 48.0 Å². The lowest BCUT2D eigenvalue weighted by Gasteiger charge is -2.51. The first kappa shape index (κ1) is 40.2. The number of nitrogens with one attached hydrogen (secondary N) is 3. The van der Waals surface area contributed by atoms with Gasteiger partial charge in [0.2, 0.25) is 17.7 Å². The summed E-state index contributed by atoms with van der Waals surface area (Å²) in [5, 5.41) is 72.0. The van der Waals surface area contributed by atoms with Gasteiger partial charge in [-0.05, 0) is 20.8 Å². The van der Waals surface area contributed by atoms with Gasteiger partial charge in [-0.1, -0.05) is 0 Å². The molecule has 3 aliphatic heterocycles. The van der Waals surface area contributed by atoms with E-state index in [0.717, 1.165) is 20.8 Å². The standard InChI is InChI=1S/C28H48N6O15/c1-8(46-25-17(33-13(6)37)21(41)19(39)9(2)47-25)15(31-11(4)35)22-16(32-12(5)36)14(38)7-28(48-22,26(43)44)49-23-18(34-27(29)30)24(42)45-10(3)20(23)40/h8-10,14-25,38-42H,7H2,1-6H3,(H,31,35)(H,32,36)(H,33,37)(H,43,44)(H4,29,30,34)/t8-,9-,10+,14-,15+,16+,17-,18+,19-,20-,21-,22-,23+,24-,25+,28-/m1/s1. The minimum atomic E-state index is -2.84. The molecule has 0 radical (unpaired) electrons. The molecule has 3 aliphatic rings. The molecule has 0 spiro atoms. The molecule has 16 atom stereocenters. The zero-order chi connectivity index (χ0) is 37.1. The molecule has 0 aromatic heterocycles. The fraction of sp³-hybridized carbons (Fsp3) is 0.821. The average Bonchev–Trinajstić information content (AvgIpc) is 2.98. The second-order valence-corrected chi connectivity index (χ2v) is 12.5. The lowest BCUT2D eigenvalue weighted by atomic mass is 9.86. The van der Waals surface area contributed by atoms with Gasteiger partial charge in [0.15, 0.2) is 18.5 Å². The van der Waals surface area contributed by atoms with Crippen molar-refractivity contribution in [3.63, 3.8) is 0 Å². The topological polar surface area (TPSA) is 336 Å². The lowest BCUT2D eigenvalue weighted by Crippen LogP contribution is -2.72. The number of amides is 3. The summed E-state index contributed by atoms with van der Waals surface area (Å²) < 4.78 is 29.0. The molecule has 280 valence electrons. The fourth-order valence-corrected chi connectivity index (χ4v) is 6.15. The number of carbonyl (C=O) groups excluding carboxylic acids is 3. The van der Waals surface area contributed by atoms with Crippen LogP contribution in [0.25, 0.3) is 0 Å². The van der Waals surface area contributed by atoms with Gasteiger partial charge in [-0.15, -0.1) is 0 Å². The molecule has 3 rings (SSSR count). The van der Waals surface area contributed by atoms with Crippen molar-refractivity contribution in [1.82, 2.24) is 16.0 Å². The number of guanidine groups is 1. The van der Waals surface area contributed by atoms with Gasteiger partial charge in [0.05, 0.1) is 36.5 Å². The largest absolute Gasteiger partial charge is 0.477 e. The molecule has 3 fully saturated rings. The number of carboxylic acids is 1. The Hall–Kier alpha value is -3.25. The SMILES string of the molecule is CC(=O)N[C@@H]1[C@@H]([C@@H](NC(C)=O)[C@@H](C)O[C@H]2O[C@H](C)[C@@H](O)[C@H](O)[C@H]2NC(C)=O)O[C@](O[C@@H]2[C@H](O)[C@H](C)O[C@@H](O)[C@H]2N=C(N)N)(C(=O)O)C[C@H]1O. The summed E-state index contributed by atoms with van der Waals surface area (Å²) >= 11 is 0. The molecule has 0 aromatic rings. The van der Waals surface area contributed by atoms with Gasteiger partial charge in [-0.3, -0.25) is 14.4 Å². The highest BCUT2D eigenvalue weighted by molar-refractivity contribution is 5.77. The predicted octanol–water partition coefficient (Wildman–Crippen LogP) is -5.57. The first-order chi connectivity index (χ1) is 22.7. The molecule has 0 bridgehead atoms. The maximum absolute atomic E-state index is 13.0. The Morgan fingerprint density at radius 1 is 0.878 bits per heavy atom. The summed E-state index contributed by atoms with van der Waals surface area (Å²) in [5.41, 5.74) is 11.0. The number of hydrogen-bond donors (Lipinski definition) is 11. The molecular formula is C28H48N6O15. The van der Waals surface area contributed by atoms with Crippen molar-refractivity contribution in [3.05, 3.63) is 0 Å². The van der Waals surface area contributed by atoms with Gasteiger partial charge in [-0.25, -0.2) is 9.79 Å². The van der Waals surface area contributed by atoms with Gasteiger partial charge >= 0.3 is 5.97 Å². The van der Waals surface area contributed by atoms with Gasteiger partial charge in [0.1, 0.15) is 42.6 Å². The molecule has 0 aliphatic carbocycles. The number of carbonyl (C=O) groups is 4. The Bertz CT molecular complexity index is 1240. The van der Waals surface area contributed by atoms with Crippen molar-refractivity contribution < 1.29 is 73.5 Å². The van der Waals surface area contributed by atoms with E-state index in [1.807, 2.05) is 0 Å². The Balaban J connectivity index is 2.09. The van der Waals surface area contributed by atoms with E-state index in [2.05, 4.69) is 20.9 Å². The number of nitrogens with two attached hydrogens (primary N) is 2. The predicted molar refractivity (Wildman–Crippen MR) is 163 cm³/mol. The van der Waals surface area contributed by atoms with Gasteiger partial charge in [0, 0.05) is 27.2 Å². The van der Waals surface area contributed by atoms with Crippen LogP contribution in [-0.2, 0) is 42.9 Å². The number of aliphatic hydroxyl groups is 5. The van der Waals surface area contributed by atoms with Crippen LogP contribution >= 0.6 is 0 Å². The third kappa shape index (κ3) is 9.31. The number of aliphatic hydroxyl groups excluding tert-OH is 5. The number of hydrogen-bond acceptors (Lipinski definition) is 15. The van der Waals surface area contributed by atoms with Crippen molar-refractivity contribution in [2.24, 2.45) is 16.5 Å². The van der Waals surface area contributed by atoms with Crippen LogP contribution in [-0.4, -0.2) is 158 Å². The van der Waals surface area contributed by atoms with E-state index in [9.17, 15) is 49.8 Å². The molecule has 13 N–H and O–H groups in total. The third-order valence-corrected chi connectivity index (χ3v) is 8.48. The van der Waals surface area contributed by atoms with Crippen molar-refractivity contribution >= 4 is 29.7 Å². The number of aliphatic imine (C=N–C) groups is 1. The smallest absolute Gasteiger partial charge is 0.364 e. The van der Waals surface area contributed by atoms with Gasteiger partial charge in [0.25, 0.3) is 5.79 Å². The maximum atomic E-state index is 13.0. The van der Waals surface area contributed by atoms with Crippen molar-refractivity contribution in [1.29, 1.82) is 0 Å². The number of ether oxygens (including phenoxy) is 5. The van der Waals surface area contributed by atoms with E-state index in [0.29, 0.717) is 0 Å². The van der Waals surface area contributed by atoms with E-state index in [4.69, 9.17) is 35.2 Å². The van der Waals surface area contributed by atoms with Crippen molar-refractivity contribution in [2.75, 3.05) is 0 Å². The summed E-state index contributed by atoms with van der Waals surface area (Å²) in [6.07, 6.45) is -17.2. The molecule has 21 heteroatoms. The molecule has 49 heavy (non-hydrogen) atoms. The van der Waals surface area contributed by atoms with E-state index >= 15 is 0 Å². The average molecular weight is 709 g/mol. The zero-order valence-corrected chi connectivity index (χ0v) is 27.8. The molecule has 3 amide bonds. The first-order valence-electron chi connectivity index (χ1n) is 15.5. The van der Waals surface area contributed by atoms with Crippen LogP contribution < -0.4 is 27.4 Å². The Labute approximate surface area is 281 Å². The molecule has 0 saturated carbocycles. The molecule has 3 saturated heterocycles. The summed E-state index contributed by atoms with van der Waals surface area (Å²) in [6, 6.07) is -5.75. The maximum Gasteiger partial charge on any atom is 0.364 e. The second kappa shape index (κ2) is 16.2.